The first-order valence-electron chi connectivity index (χ1n) is 8.14. The number of unbranched alkanes of at least 4 members (excludes halogenated alkanes) is 2. The summed E-state index contributed by atoms with van der Waals surface area (Å²) in [4.78, 5) is 0. The van der Waals surface area contributed by atoms with Crippen molar-refractivity contribution in [2.75, 3.05) is 13.2 Å². The molecule has 0 N–H and O–H groups in total. The molecule has 20 heavy (non-hydrogen) atoms. The number of rotatable bonds is 14. The molecule has 0 aromatic carbocycles. The lowest BCUT2D eigenvalue weighted by Crippen LogP contribution is -2.19. The van der Waals surface area contributed by atoms with Crippen LogP contribution in [0.2, 0.25) is 0 Å². The van der Waals surface area contributed by atoms with Gasteiger partial charge in [-0.1, -0.05) is 44.4 Å². The number of ether oxygens (including phenoxy) is 2. The van der Waals surface area contributed by atoms with Gasteiger partial charge in [-0.2, -0.15) is 0 Å². The second kappa shape index (κ2) is 13.4. The van der Waals surface area contributed by atoms with E-state index in [0.29, 0.717) is 0 Å². The second-order valence-electron chi connectivity index (χ2n) is 5.64. The summed E-state index contributed by atoms with van der Waals surface area (Å²) in [5.74, 6) is 0. The summed E-state index contributed by atoms with van der Waals surface area (Å²) in [5, 5.41) is 0. The Bertz CT molecular complexity index is 248. The van der Waals surface area contributed by atoms with E-state index in [1.165, 1.54) is 11.1 Å². The molecule has 0 aromatic rings. The van der Waals surface area contributed by atoms with Crippen molar-refractivity contribution in [2.45, 2.75) is 78.4 Å². The van der Waals surface area contributed by atoms with Crippen LogP contribution >= 0.6 is 0 Å². The third-order valence-corrected chi connectivity index (χ3v) is 3.19. The Hall–Kier alpha value is -0.600. The highest BCUT2D eigenvalue weighted by atomic mass is 16.7. The molecule has 2 heteroatoms. The van der Waals surface area contributed by atoms with Crippen LogP contribution in [-0.4, -0.2) is 19.5 Å². The topological polar surface area (TPSA) is 18.5 Å². The van der Waals surface area contributed by atoms with Crippen LogP contribution in [-0.2, 0) is 9.47 Å². The van der Waals surface area contributed by atoms with Crippen LogP contribution < -0.4 is 0 Å². The van der Waals surface area contributed by atoms with Crippen molar-refractivity contribution in [3.05, 3.63) is 24.3 Å². The third kappa shape index (κ3) is 12.4. The molecule has 118 valence electrons. The van der Waals surface area contributed by atoms with Crippen LogP contribution in [0.15, 0.2) is 24.3 Å². The first-order valence-corrected chi connectivity index (χ1v) is 8.14. The number of hydrogen-bond donors (Lipinski definition) is 0. The molecule has 0 atom stereocenters. The van der Waals surface area contributed by atoms with E-state index < -0.39 is 0 Å². The summed E-state index contributed by atoms with van der Waals surface area (Å²) in [7, 11) is 0. The Balaban J connectivity index is 3.96. The van der Waals surface area contributed by atoms with Crippen molar-refractivity contribution in [1.82, 2.24) is 0 Å². The van der Waals surface area contributed by atoms with E-state index in [1.54, 1.807) is 0 Å². The molecule has 0 fully saturated rings. The van der Waals surface area contributed by atoms with Crippen molar-refractivity contribution in [1.29, 1.82) is 0 Å². The van der Waals surface area contributed by atoms with Gasteiger partial charge in [0.1, 0.15) is 0 Å². The quantitative estimate of drug-likeness (QED) is 0.233. The molecule has 2 nitrogen and oxygen atoms in total. The molecule has 0 saturated heterocycles. The Labute approximate surface area is 126 Å². The van der Waals surface area contributed by atoms with Crippen molar-refractivity contribution in [3.63, 3.8) is 0 Å². The zero-order valence-electron chi connectivity index (χ0n) is 13.9. The van der Waals surface area contributed by atoms with Gasteiger partial charge in [-0.25, -0.2) is 0 Å². The zero-order chi connectivity index (χ0) is 15.2. The van der Waals surface area contributed by atoms with Gasteiger partial charge in [-0.3, -0.25) is 0 Å². The van der Waals surface area contributed by atoms with Crippen molar-refractivity contribution in [3.8, 4) is 0 Å². The molecule has 0 rings (SSSR count). The summed E-state index contributed by atoms with van der Waals surface area (Å²) in [5.41, 5.74) is 2.47. The fraction of sp³-hybridized carbons (Fsp3) is 0.778. The van der Waals surface area contributed by atoms with Gasteiger partial charge in [0.2, 0.25) is 0 Å². The van der Waals surface area contributed by atoms with Gasteiger partial charge < -0.3 is 9.47 Å². The minimum absolute atomic E-state index is 0.106. The first kappa shape index (κ1) is 19.4. The van der Waals surface area contributed by atoms with Gasteiger partial charge in [0.15, 0.2) is 6.29 Å². The minimum Gasteiger partial charge on any atom is -0.352 e. The van der Waals surface area contributed by atoms with Crippen LogP contribution in [0.5, 0.6) is 0 Å². The average molecular weight is 282 g/mol. The fourth-order valence-corrected chi connectivity index (χ4v) is 1.86. The SMILES string of the molecule is C=C(C)CCCC(=C)CC(OCCCC)OCCCC. The Morgan fingerprint density at radius 3 is 1.90 bits per heavy atom. The average Bonchev–Trinajstić information content (AvgIpc) is 2.38. The van der Waals surface area contributed by atoms with Crippen LogP contribution in [0.1, 0.15) is 72.1 Å². The summed E-state index contributed by atoms with van der Waals surface area (Å²) in [6.07, 6.45) is 8.46. The largest absolute Gasteiger partial charge is 0.352 e. The van der Waals surface area contributed by atoms with E-state index in [1.807, 2.05) is 0 Å². The van der Waals surface area contributed by atoms with Gasteiger partial charge >= 0.3 is 0 Å². The van der Waals surface area contributed by atoms with E-state index in [9.17, 15) is 0 Å². The van der Waals surface area contributed by atoms with E-state index >= 15 is 0 Å². The second-order valence-corrected chi connectivity index (χ2v) is 5.64. The van der Waals surface area contributed by atoms with Gasteiger partial charge in [0, 0.05) is 19.6 Å². The highest BCUT2D eigenvalue weighted by Gasteiger charge is 2.11. The maximum atomic E-state index is 5.83. The van der Waals surface area contributed by atoms with Crippen molar-refractivity contribution in [2.24, 2.45) is 0 Å². The maximum absolute atomic E-state index is 5.83. The van der Waals surface area contributed by atoms with Crippen molar-refractivity contribution < 1.29 is 9.47 Å². The van der Waals surface area contributed by atoms with Gasteiger partial charge in [0.25, 0.3) is 0 Å². The molecule has 0 aromatic heterocycles. The Kier molecular flexibility index (Phi) is 13.0. The first-order chi connectivity index (χ1) is 9.60. The Morgan fingerprint density at radius 1 is 0.900 bits per heavy atom. The lowest BCUT2D eigenvalue weighted by atomic mass is 10.0. The Morgan fingerprint density at radius 2 is 1.45 bits per heavy atom. The summed E-state index contributed by atoms with van der Waals surface area (Å²) >= 11 is 0. The zero-order valence-corrected chi connectivity index (χ0v) is 13.9. The van der Waals surface area contributed by atoms with E-state index in [4.69, 9.17) is 9.47 Å². The molecule has 0 radical (unpaired) electrons. The smallest absolute Gasteiger partial charge is 0.161 e. The third-order valence-electron chi connectivity index (χ3n) is 3.19. The molecule has 0 heterocycles. The minimum atomic E-state index is -0.106. The van der Waals surface area contributed by atoms with Crippen LogP contribution in [0.3, 0.4) is 0 Å². The van der Waals surface area contributed by atoms with Crippen LogP contribution in [0.25, 0.3) is 0 Å². The highest BCUT2D eigenvalue weighted by molar-refractivity contribution is 4.97. The maximum Gasteiger partial charge on any atom is 0.161 e. The predicted octanol–water partition coefficient (Wildman–Crippen LogP) is 5.64. The van der Waals surface area contributed by atoms with E-state index in [0.717, 1.165) is 64.6 Å². The normalized spacial score (nSPS) is 11.0. The van der Waals surface area contributed by atoms with Crippen molar-refractivity contribution >= 4 is 0 Å². The molecule has 0 saturated carbocycles. The lowest BCUT2D eigenvalue weighted by Gasteiger charge is -2.19. The molecular formula is C18H34O2. The molecule has 0 amide bonds. The standard InChI is InChI=1S/C18H34O2/c1-6-8-13-19-18(20-14-9-7-2)15-17(5)12-10-11-16(3)4/h18H,3,5-15H2,1-2,4H3. The van der Waals surface area contributed by atoms with Gasteiger partial charge in [-0.15, -0.1) is 6.58 Å². The van der Waals surface area contributed by atoms with Crippen LogP contribution in [0, 0.1) is 0 Å². The van der Waals surface area contributed by atoms with Crippen LogP contribution in [0.4, 0.5) is 0 Å². The highest BCUT2D eigenvalue weighted by Crippen LogP contribution is 2.17. The number of hydrogen-bond acceptors (Lipinski definition) is 2. The lowest BCUT2D eigenvalue weighted by molar-refractivity contribution is -0.142. The van der Waals surface area contributed by atoms with E-state index in [2.05, 4.69) is 33.9 Å². The molecule has 0 bridgehead atoms. The molecule has 0 unspecified atom stereocenters. The summed E-state index contributed by atoms with van der Waals surface area (Å²) in [6.45, 7) is 16.1. The molecule has 0 aliphatic rings. The summed E-state index contributed by atoms with van der Waals surface area (Å²) < 4.78 is 11.7. The summed E-state index contributed by atoms with van der Waals surface area (Å²) in [6, 6.07) is 0. The number of allylic oxidation sites excluding steroid dienone is 1. The van der Waals surface area contributed by atoms with E-state index in [-0.39, 0.29) is 6.29 Å². The monoisotopic (exact) mass is 282 g/mol. The molecule has 0 aliphatic carbocycles. The fourth-order valence-electron chi connectivity index (χ4n) is 1.86. The molecule has 0 spiro atoms. The molecular weight excluding hydrogens is 248 g/mol. The van der Waals surface area contributed by atoms with Gasteiger partial charge in [0.05, 0.1) is 0 Å². The predicted molar refractivity (Wildman–Crippen MR) is 87.9 cm³/mol. The molecule has 0 aliphatic heterocycles. The van der Waals surface area contributed by atoms with Gasteiger partial charge in [-0.05, 0) is 39.0 Å².